The Balaban J connectivity index is 1.65. The number of nitrogens with zero attached hydrogens (tertiary/aromatic N) is 5. The maximum Gasteiger partial charge on any atom is 0.270 e. The van der Waals surface area contributed by atoms with Gasteiger partial charge in [-0.05, 0) is 38.1 Å². The summed E-state index contributed by atoms with van der Waals surface area (Å²) < 4.78 is 1.68. The number of piperazine rings is 1. The van der Waals surface area contributed by atoms with Crippen molar-refractivity contribution in [1.29, 1.82) is 0 Å². The van der Waals surface area contributed by atoms with E-state index in [9.17, 15) is 9.90 Å². The van der Waals surface area contributed by atoms with Crippen molar-refractivity contribution in [3.8, 4) is 17.1 Å². The minimum atomic E-state index is -0.301. The zero-order chi connectivity index (χ0) is 23.3. The Bertz CT molecular complexity index is 1370. The molecule has 9 nitrogen and oxygen atoms in total. The van der Waals surface area contributed by atoms with Crippen LogP contribution in [0.25, 0.3) is 33.2 Å². The Labute approximate surface area is 191 Å². The topological polar surface area (TPSA) is 108 Å². The zero-order valence-corrected chi connectivity index (χ0v) is 19.1. The number of hydrogen-bond donors (Lipinski definition) is 3. The number of fused-ring (bicyclic) bond motifs is 2. The molecular weight excluding hydrogens is 418 g/mol. The highest BCUT2D eigenvalue weighted by Gasteiger charge is 2.23. The Hall–Kier alpha value is -3.72. The fraction of sp³-hybridized carbons (Fsp3) is 0.333. The largest absolute Gasteiger partial charge is 0.507 e. The van der Waals surface area contributed by atoms with Crippen molar-refractivity contribution < 1.29 is 9.90 Å². The molecule has 33 heavy (non-hydrogen) atoms. The third-order valence-corrected chi connectivity index (χ3v) is 6.02. The molecular formula is C24H27N7O2. The molecule has 3 N–H and O–H groups in total. The molecule has 9 heteroatoms. The second-order valence-electron chi connectivity index (χ2n) is 8.78. The summed E-state index contributed by atoms with van der Waals surface area (Å²) in [5.74, 6) is 0.00938. The SMILES string of the molecule is CNC(=O)c1nc(-c2cc3cn(C)nc3cc2O)nc2ccc(N3C[C@@H](C)N[C@H](C)C3)cc12. The molecule has 2 aromatic heterocycles. The first-order valence-electron chi connectivity index (χ1n) is 11.0. The van der Waals surface area contributed by atoms with Crippen LogP contribution in [0.1, 0.15) is 24.3 Å². The van der Waals surface area contributed by atoms with Crippen LogP contribution in [0.3, 0.4) is 0 Å². The van der Waals surface area contributed by atoms with E-state index in [0.29, 0.717) is 39.9 Å². The van der Waals surface area contributed by atoms with E-state index < -0.39 is 0 Å². The third-order valence-electron chi connectivity index (χ3n) is 6.02. The fourth-order valence-electron chi connectivity index (χ4n) is 4.63. The van der Waals surface area contributed by atoms with Gasteiger partial charge in [0.1, 0.15) is 11.4 Å². The normalized spacial score (nSPS) is 18.7. The number of aromatic nitrogens is 4. The number of phenolic OH excluding ortho intramolecular Hbond substituents is 1. The van der Waals surface area contributed by atoms with E-state index >= 15 is 0 Å². The van der Waals surface area contributed by atoms with Gasteiger partial charge >= 0.3 is 0 Å². The highest BCUT2D eigenvalue weighted by Crippen LogP contribution is 2.33. The molecule has 0 spiro atoms. The lowest BCUT2D eigenvalue weighted by atomic mass is 10.1. The van der Waals surface area contributed by atoms with E-state index in [2.05, 4.69) is 39.5 Å². The molecule has 0 bridgehead atoms. The quantitative estimate of drug-likeness (QED) is 0.444. The number of rotatable bonds is 3. The number of aryl methyl sites for hydroxylation is 1. The first-order valence-corrected chi connectivity index (χ1v) is 11.0. The minimum absolute atomic E-state index is 0.0174. The molecule has 1 aliphatic rings. The van der Waals surface area contributed by atoms with Crippen LogP contribution in [-0.2, 0) is 7.05 Å². The van der Waals surface area contributed by atoms with Crippen molar-refractivity contribution in [2.75, 3.05) is 25.0 Å². The maximum atomic E-state index is 12.8. The van der Waals surface area contributed by atoms with Crippen LogP contribution in [0.15, 0.2) is 36.5 Å². The third kappa shape index (κ3) is 3.84. The standard InChI is InChI=1S/C24H27N7O2/c1-13-10-31(11-14(2)26-13)16-5-6-19-17(8-16)22(24(33)25-3)28-23(27-19)18-7-15-12-30(4)29-20(15)9-21(18)32/h5-9,12-14,26,32H,10-11H2,1-4H3,(H,25,33)/t13-,14-/m1/s1. The number of carbonyl (C=O) groups excluding carboxylic acids is 1. The van der Waals surface area contributed by atoms with Crippen LogP contribution >= 0.6 is 0 Å². The first kappa shape index (κ1) is 21.1. The number of aromatic hydroxyl groups is 1. The van der Waals surface area contributed by atoms with Gasteiger partial charge in [-0.25, -0.2) is 9.97 Å². The average molecular weight is 446 g/mol. The molecule has 5 rings (SSSR count). The lowest BCUT2D eigenvalue weighted by Crippen LogP contribution is -2.54. The van der Waals surface area contributed by atoms with Crippen LogP contribution in [0.4, 0.5) is 5.69 Å². The molecule has 1 aliphatic heterocycles. The summed E-state index contributed by atoms with van der Waals surface area (Å²) >= 11 is 0. The summed E-state index contributed by atoms with van der Waals surface area (Å²) in [4.78, 5) is 24.4. The zero-order valence-electron chi connectivity index (χ0n) is 19.1. The number of hydrogen-bond acceptors (Lipinski definition) is 7. The fourth-order valence-corrected chi connectivity index (χ4v) is 4.63. The number of nitrogens with one attached hydrogen (secondary N) is 2. The second-order valence-corrected chi connectivity index (χ2v) is 8.78. The van der Waals surface area contributed by atoms with Crippen molar-refractivity contribution in [3.05, 3.63) is 42.2 Å². The van der Waals surface area contributed by atoms with E-state index in [-0.39, 0.29) is 17.4 Å². The summed E-state index contributed by atoms with van der Waals surface area (Å²) in [5.41, 5.74) is 3.08. The molecule has 1 fully saturated rings. The highest BCUT2D eigenvalue weighted by molar-refractivity contribution is 6.05. The Morgan fingerprint density at radius 1 is 1.12 bits per heavy atom. The summed E-state index contributed by atoms with van der Waals surface area (Å²) in [6, 6.07) is 10.1. The highest BCUT2D eigenvalue weighted by atomic mass is 16.3. The molecule has 1 saturated heterocycles. The van der Waals surface area contributed by atoms with Gasteiger partial charge in [-0.1, -0.05) is 0 Å². The Morgan fingerprint density at radius 2 is 1.88 bits per heavy atom. The monoisotopic (exact) mass is 445 g/mol. The smallest absolute Gasteiger partial charge is 0.270 e. The maximum absolute atomic E-state index is 12.8. The summed E-state index contributed by atoms with van der Waals surface area (Å²) in [7, 11) is 3.41. The molecule has 2 atom stereocenters. The predicted octanol–water partition coefficient (Wildman–Crippen LogP) is 2.44. The van der Waals surface area contributed by atoms with Gasteiger partial charge in [-0.3, -0.25) is 9.48 Å². The van der Waals surface area contributed by atoms with Gasteiger partial charge < -0.3 is 20.6 Å². The van der Waals surface area contributed by atoms with E-state index in [0.717, 1.165) is 24.2 Å². The van der Waals surface area contributed by atoms with Crippen molar-refractivity contribution in [3.63, 3.8) is 0 Å². The molecule has 0 saturated carbocycles. The molecule has 3 heterocycles. The van der Waals surface area contributed by atoms with E-state index in [1.165, 1.54) is 0 Å². The summed E-state index contributed by atoms with van der Waals surface area (Å²) in [6.07, 6.45) is 1.86. The number of anilines is 1. The summed E-state index contributed by atoms with van der Waals surface area (Å²) in [5, 5.41) is 22.7. The molecule has 0 aliphatic carbocycles. The lowest BCUT2D eigenvalue weighted by molar-refractivity contribution is 0.0960. The van der Waals surface area contributed by atoms with E-state index in [1.807, 2.05) is 31.4 Å². The van der Waals surface area contributed by atoms with Gasteiger partial charge in [0, 0.05) is 68.0 Å². The molecule has 0 unspecified atom stereocenters. The van der Waals surface area contributed by atoms with Crippen molar-refractivity contribution in [1.82, 2.24) is 30.4 Å². The van der Waals surface area contributed by atoms with Crippen LogP contribution in [0, 0.1) is 0 Å². The van der Waals surface area contributed by atoms with Crippen LogP contribution < -0.4 is 15.5 Å². The minimum Gasteiger partial charge on any atom is -0.507 e. The molecule has 4 aromatic rings. The van der Waals surface area contributed by atoms with Crippen molar-refractivity contribution in [2.45, 2.75) is 25.9 Å². The average Bonchev–Trinajstić information content (AvgIpc) is 3.14. The predicted molar refractivity (Wildman–Crippen MR) is 129 cm³/mol. The number of amides is 1. The van der Waals surface area contributed by atoms with Gasteiger partial charge in [0.15, 0.2) is 5.82 Å². The van der Waals surface area contributed by atoms with E-state index in [1.54, 1.807) is 23.9 Å². The lowest BCUT2D eigenvalue weighted by Gasteiger charge is -2.37. The Kier molecular flexibility index (Phi) is 5.13. The van der Waals surface area contributed by atoms with Crippen LogP contribution in [0.5, 0.6) is 5.75 Å². The van der Waals surface area contributed by atoms with Gasteiger partial charge in [0.25, 0.3) is 5.91 Å². The molecule has 2 aromatic carbocycles. The second kappa shape index (κ2) is 8.00. The van der Waals surface area contributed by atoms with E-state index in [4.69, 9.17) is 4.98 Å². The summed E-state index contributed by atoms with van der Waals surface area (Å²) in [6.45, 7) is 6.09. The van der Waals surface area contributed by atoms with Gasteiger partial charge in [-0.2, -0.15) is 5.10 Å². The van der Waals surface area contributed by atoms with Crippen LogP contribution in [-0.4, -0.2) is 63.0 Å². The van der Waals surface area contributed by atoms with Crippen molar-refractivity contribution >= 4 is 33.4 Å². The first-order chi connectivity index (χ1) is 15.8. The van der Waals surface area contributed by atoms with Gasteiger partial charge in [0.2, 0.25) is 0 Å². The van der Waals surface area contributed by atoms with Crippen LogP contribution in [0.2, 0.25) is 0 Å². The van der Waals surface area contributed by atoms with Gasteiger partial charge in [-0.15, -0.1) is 0 Å². The number of phenols is 1. The number of carbonyl (C=O) groups is 1. The number of benzene rings is 2. The molecule has 1 amide bonds. The Morgan fingerprint density at radius 3 is 2.61 bits per heavy atom. The molecule has 0 radical (unpaired) electrons. The molecule has 170 valence electrons. The van der Waals surface area contributed by atoms with Crippen molar-refractivity contribution in [2.24, 2.45) is 7.05 Å². The van der Waals surface area contributed by atoms with Gasteiger partial charge in [0.05, 0.1) is 16.6 Å².